The van der Waals surface area contributed by atoms with Gasteiger partial charge in [0.2, 0.25) is 17.7 Å². The molecule has 1 aliphatic heterocycles. The number of nitrogens with two attached hydrogens (primary N) is 2. The van der Waals surface area contributed by atoms with Gasteiger partial charge in [0.15, 0.2) is 5.96 Å². The van der Waals surface area contributed by atoms with Crippen LogP contribution in [0, 0.1) is 5.92 Å². The summed E-state index contributed by atoms with van der Waals surface area (Å²) in [5.41, 5.74) is 10.9. The van der Waals surface area contributed by atoms with Crippen molar-refractivity contribution in [1.29, 1.82) is 0 Å². The fraction of sp³-hybridized carbons (Fsp3) is 0.667. The molecular formula is C21H36N8O7. The van der Waals surface area contributed by atoms with Crippen LogP contribution in [0.3, 0.4) is 0 Å². The first kappa shape index (κ1) is 30.1. The molecule has 0 spiro atoms. The standard InChI is InChI=1S/C21H36N8O7/c1-10(2)8-14(19(34)35)28-21(36)29-16(12-6-7-24-20(23)27-12)18(33)26-13(4-5-15(22)31)17(32)25-11(3)9-30/h9-14,16H,4-8H2,1-3H3,(H2,22,31)(H,25,32)(H,26,33)(H,34,35)(H3,23,24,27)(H2,28,29,36)/t11-,12?,13-,14-,16+/m0/s1. The van der Waals surface area contributed by atoms with E-state index in [0.717, 1.165) is 0 Å². The summed E-state index contributed by atoms with van der Waals surface area (Å²) < 4.78 is 0. The number of carboxylic acids is 1. The maximum atomic E-state index is 13.2. The number of rotatable bonds is 14. The minimum atomic E-state index is -1.31. The van der Waals surface area contributed by atoms with Crippen LogP contribution in [0.2, 0.25) is 0 Å². The van der Waals surface area contributed by atoms with Crippen LogP contribution in [-0.4, -0.2) is 83.8 Å². The van der Waals surface area contributed by atoms with Crippen molar-refractivity contribution in [2.75, 3.05) is 6.54 Å². The molecule has 0 aromatic rings. The number of aliphatic carboxylic acids is 1. The van der Waals surface area contributed by atoms with E-state index in [0.29, 0.717) is 6.29 Å². The lowest BCUT2D eigenvalue weighted by Crippen LogP contribution is -2.64. The molecule has 0 aliphatic carbocycles. The van der Waals surface area contributed by atoms with Crippen molar-refractivity contribution in [1.82, 2.24) is 26.6 Å². The van der Waals surface area contributed by atoms with Crippen molar-refractivity contribution in [3.05, 3.63) is 0 Å². The lowest BCUT2D eigenvalue weighted by Gasteiger charge is -2.32. The summed E-state index contributed by atoms with van der Waals surface area (Å²) in [6, 6.07) is -6.26. The quantitative estimate of drug-likeness (QED) is 0.112. The maximum Gasteiger partial charge on any atom is 0.326 e. The number of primary amides is 1. The van der Waals surface area contributed by atoms with Crippen LogP contribution in [0.25, 0.3) is 0 Å². The predicted molar refractivity (Wildman–Crippen MR) is 128 cm³/mol. The van der Waals surface area contributed by atoms with Gasteiger partial charge >= 0.3 is 12.0 Å². The molecule has 0 fully saturated rings. The second kappa shape index (κ2) is 14.5. The van der Waals surface area contributed by atoms with Gasteiger partial charge in [-0.05, 0) is 32.1 Å². The molecule has 202 valence electrons. The number of carbonyl (C=O) groups is 6. The third kappa shape index (κ3) is 10.6. The highest BCUT2D eigenvalue weighted by Crippen LogP contribution is 2.08. The number of carbonyl (C=O) groups excluding carboxylic acids is 5. The number of hydrogen-bond acceptors (Lipinski definition) is 9. The first-order valence-corrected chi connectivity index (χ1v) is 11.5. The number of guanidine groups is 1. The topological polar surface area (TPSA) is 247 Å². The monoisotopic (exact) mass is 512 g/mol. The molecule has 0 aromatic heterocycles. The first-order valence-electron chi connectivity index (χ1n) is 11.5. The molecule has 5 amide bonds. The van der Waals surface area contributed by atoms with Crippen LogP contribution in [0.1, 0.15) is 46.5 Å². The van der Waals surface area contributed by atoms with Gasteiger partial charge in [0.1, 0.15) is 24.4 Å². The van der Waals surface area contributed by atoms with E-state index in [1.54, 1.807) is 13.8 Å². The number of urea groups is 1. The number of nitrogens with one attached hydrogen (secondary N) is 5. The lowest BCUT2D eigenvalue weighted by atomic mass is 10.0. The number of hydrogen-bond donors (Lipinski definition) is 8. The molecular weight excluding hydrogens is 476 g/mol. The molecule has 1 heterocycles. The van der Waals surface area contributed by atoms with E-state index in [1.807, 2.05) is 0 Å². The molecule has 15 nitrogen and oxygen atoms in total. The fourth-order valence-corrected chi connectivity index (χ4v) is 3.44. The normalized spacial score (nSPS) is 18.3. The maximum absolute atomic E-state index is 13.2. The van der Waals surface area contributed by atoms with Crippen molar-refractivity contribution in [2.24, 2.45) is 22.4 Å². The zero-order chi connectivity index (χ0) is 27.4. The van der Waals surface area contributed by atoms with Crippen molar-refractivity contribution in [3.63, 3.8) is 0 Å². The van der Waals surface area contributed by atoms with Crippen LogP contribution < -0.4 is 38.1 Å². The van der Waals surface area contributed by atoms with Gasteiger partial charge in [-0.15, -0.1) is 0 Å². The Balaban J connectivity index is 3.10. The highest BCUT2D eigenvalue weighted by molar-refractivity contribution is 5.94. The minimum absolute atomic E-state index is 0.0280. The molecule has 1 unspecified atom stereocenters. The van der Waals surface area contributed by atoms with Crippen molar-refractivity contribution >= 4 is 42.0 Å². The van der Waals surface area contributed by atoms with E-state index in [-0.39, 0.29) is 44.1 Å². The summed E-state index contributed by atoms with van der Waals surface area (Å²) in [4.78, 5) is 76.2. The highest BCUT2D eigenvalue weighted by Gasteiger charge is 2.35. The largest absolute Gasteiger partial charge is 0.480 e. The Labute approximate surface area is 208 Å². The molecule has 0 bridgehead atoms. The van der Waals surface area contributed by atoms with E-state index in [4.69, 9.17) is 11.5 Å². The molecule has 10 N–H and O–H groups in total. The summed E-state index contributed by atoms with van der Waals surface area (Å²) in [6.45, 7) is 5.27. The summed E-state index contributed by atoms with van der Waals surface area (Å²) in [5.74, 6) is -3.47. The van der Waals surface area contributed by atoms with E-state index in [2.05, 4.69) is 31.6 Å². The van der Waals surface area contributed by atoms with Gasteiger partial charge < -0.3 is 48.0 Å². The summed E-state index contributed by atoms with van der Waals surface area (Å²) >= 11 is 0. The Hall–Kier alpha value is -3.91. The molecule has 15 heteroatoms. The number of aldehydes is 1. The van der Waals surface area contributed by atoms with E-state index < -0.39 is 59.9 Å². The van der Waals surface area contributed by atoms with Gasteiger partial charge in [-0.3, -0.25) is 19.4 Å². The van der Waals surface area contributed by atoms with Gasteiger partial charge in [-0.1, -0.05) is 13.8 Å². The average Bonchev–Trinajstić information content (AvgIpc) is 2.78. The third-order valence-corrected chi connectivity index (χ3v) is 5.22. The Morgan fingerprint density at radius 2 is 1.75 bits per heavy atom. The molecule has 5 atom stereocenters. The van der Waals surface area contributed by atoms with Gasteiger partial charge in [-0.25, -0.2) is 9.59 Å². The average molecular weight is 513 g/mol. The molecule has 0 saturated carbocycles. The Morgan fingerprint density at radius 3 is 2.28 bits per heavy atom. The van der Waals surface area contributed by atoms with Gasteiger partial charge in [-0.2, -0.15) is 0 Å². The van der Waals surface area contributed by atoms with Crippen molar-refractivity contribution in [3.8, 4) is 0 Å². The van der Waals surface area contributed by atoms with E-state index in [9.17, 15) is 33.9 Å². The molecule has 0 aromatic carbocycles. The van der Waals surface area contributed by atoms with Gasteiger partial charge in [0, 0.05) is 13.0 Å². The fourth-order valence-electron chi connectivity index (χ4n) is 3.44. The summed E-state index contributed by atoms with van der Waals surface area (Å²) in [5, 5.41) is 21.8. The van der Waals surface area contributed by atoms with Gasteiger partial charge in [0.25, 0.3) is 0 Å². The zero-order valence-corrected chi connectivity index (χ0v) is 20.6. The number of nitrogens with zero attached hydrogens (tertiary/aromatic N) is 1. The number of carboxylic acid groups (broad SMARTS) is 1. The van der Waals surface area contributed by atoms with Crippen LogP contribution in [0.4, 0.5) is 4.79 Å². The third-order valence-electron chi connectivity index (χ3n) is 5.22. The molecule has 1 rings (SSSR count). The van der Waals surface area contributed by atoms with E-state index >= 15 is 0 Å². The minimum Gasteiger partial charge on any atom is -0.480 e. The SMILES string of the molecule is CC(C)C[C@H](NC(=O)N[C@@H](C(=O)N[C@@H](CCC(N)=O)C(=O)N[C@@H](C)C=O)C1CCN=C(N)N1)C(=O)O. The van der Waals surface area contributed by atoms with Crippen LogP contribution in [0.5, 0.6) is 0 Å². The lowest BCUT2D eigenvalue weighted by molar-refractivity contribution is -0.139. The Morgan fingerprint density at radius 1 is 1.08 bits per heavy atom. The molecule has 36 heavy (non-hydrogen) atoms. The van der Waals surface area contributed by atoms with Crippen LogP contribution in [0.15, 0.2) is 4.99 Å². The number of aliphatic imine (C=N–C) groups is 1. The number of amides is 5. The predicted octanol–water partition coefficient (Wildman–Crippen LogP) is -2.72. The van der Waals surface area contributed by atoms with Gasteiger partial charge in [0.05, 0.1) is 12.1 Å². The second-order valence-corrected chi connectivity index (χ2v) is 8.92. The second-order valence-electron chi connectivity index (χ2n) is 8.92. The smallest absolute Gasteiger partial charge is 0.326 e. The van der Waals surface area contributed by atoms with Crippen LogP contribution >= 0.6 is 0 Å². The Kier molecular flexibility index (Phi) is 12.1. The summed E-state index contributed by atoms with van der Waals surface area (Å²) in [6.07, 6.45) is 0.542. The van der Waals surface area contributed by atoms with Crippen molar-refractivity contribution in [2.45, 2.75) is 76.7 Å². The zero-order valence-electron chi connectivity index (χ0n) is 20.6. The highest BCUT2D eigenvalue weighted by atomic mass is 16.4. The molecule has 1 aliphatic rings. The van der Waals surface area contributed by atoms with E-state index in [1.165, 1.54) is 6.92 Å². The molecule has 0 radical (unpaired) electrons. The first-order chi connectivity index (χ1) is 16.8. The summed E-state index contributed by atoms with van der Waals surface area (Å²) in [7, 11) is 0. The molecule has 0 saturated heterocycles. The van der Waals surface area contributed by atoms with Crippen molar-refractivity contribution < 1.29 is 33.9 Å². The van der Waals surface area contributed by atoms with Crippen LogP contribution in [-0.2, 0) is 24.0 Å². The Bertz CT molecular complexity index is 863.